The number of ether oxygens (including phenoxy) is 1. The maximum atomic E-state index is 13.7. The first-order chi connectivity index (χ1) is 16.5. The van der Waals surface area contributed by atoms with Crippen molar-refractivity contribution in [3.05, 3.63) is 92.5 Å². The Balaban J connectivity index is 0.00000342. The van der Waals surface area contributed by atoms with Gasteiger partial charge in [-0.1, -0.05) is 30.3 Å². The van der Waals surface area contributed by atoms with E-state index in [0.29, 0.717) is 30.8 Å². The molecule has 0 saturated carbocycles. The monoisotopic (exact) mass is 502 g/mol. The van der Waals surface area contributed by atoms with Crippen molar-refractivity contribution in [1.29, 1.82) is 0 Å². The summed E-state index contributed by atoms with van der Waals surface area (Å²) in [4.78, 5) is 30.1. The third kappa shape index (κ3) is 6.32. The number of aryl methyl sites for hydroxylation is 1. The summed E-state index contributed by atoms with van der Waals surface area (Å²) < 4.78 is 22.1. The van der Waals surface area contributed by atoms with Crippen LogP contribution in [0.2, 0.25) is 0 Å². The quantitative estimate of drug-likeness (QED) is 0.473. The van der Waals surface area contributed by atoms with Crippen LogP contribution in [-0.2, 0) is 13.1 Å². The second-order valence-electron chi connectivity index (χ2n) is 8.66. The van der Waals surface area contributed by atoms with Gasteiger partial charge in [-0.05, 0) is 37.6 Å². The molecule has 0 spiro atoms. The van der Waals surface area contributed by atoms with E-state index in [4.69, 9.17) is 4.74 Å². The number of piperazine rings is 1. The Morgan fingerprint density at radius 3 is 2.37 bits per heavy atom. The predicted molar refractivity (Wildman–Crippen MR) is 139 cm³/mol. The normalized spacial score (nSPS) is 14.0. The Kier molecular flexibility index (Phi) is 9.12. The third-order valence-corrected chi connectivity index (χ3v) is 6.31. The Morgan fingerprint density at radius 1 is 0.971 bits per heavy atom. The van der Waals surface area contributed by atoms with E-state index in [2.05, 4.69) is 9.80 Å². The van der Waals surface area contributed by atoms with Crippen LogP contribution in [0.5, 0.6) is 5.75 Å². The minimum Gasteiger partial charge on any atom is -0.495 e. The molecule has 0 N–H and O–H groups in total. The van der Waals surface area contributed by atoms with Gasteiger partial charge in [-0.2, -0.15) is 0 Å². The summed E-state index contributed by atoms with van der Waals surface area (Å²) in [7, 11) is 1.59. The van der Waals surface area contributed by atoms with Gasteiger partial charge in [-0.25, -0.2) is 9.18 Å². The highest BCUT2D eigenvalue weighted by Crippen LogP contribution is 2.29. The molecule has 9 heteroatoms. The molecular weight excluding hydrogens is 471 g/mol. The minimum absolute atomic E-state index is 0. The second kappa shape index (κ2) is 12.0. The van der Waals surface area contributed by atoms with Crippen LogP contribution < -0.4 is 20.9 Å². The number of methoxy groups -OCH3 is 1. The molecule has 1 fully saturated rings. The Bertz CT molecular complexity index is 1240. The summed E-state index contributed by atoms with van der Waals surface area (Å²) in [6.07, 6.45) is 2.35. The van der Waals surface area contributed by atoms with Crippen molar-refractivity contribution in [3.63, 3.8) is 0 Å². The smallest absolute Gasteiger partial charge is 0.331 e. The molecule has 7 nitrogen and oxygen atoms in total. The number of hydrogen-bond donors (Lipinski definition) is 0. The molecular formula is C26H32ClFN4O3. The second-order valence-corrected chi connectivity index (χ2v) is 8.66. The van der Waals surface area contributed by atoms with Crippen LogP contribution in [0.15, 0.2) is 64.3 Å². The van der Waals surface area contributed by atoms with E-state index < -0.39 is 0 Å². The average Bonchev–Trinajstić information content (AvgIpc) is 2.85. The molecule has 35 heavy (non-hydrogen) atoms. The van der Waals surface area contributed by atoms with Crippen molar-refractivity contribution in [1.82, 2.24) is 14.0 Å². The SMILES string of the molecule is COc1ccc(F)cc1N1CCN(CCCn2c(=O)c(C)cn(Cc3ccccc3)c2=O)CC1.Cl. The van der Waals surface area contributed by atoms with Crippen molar-refractivity contribution in [2.75, 3.05) is 44.7 Å². The maximum absolute atomic E-state index is 13.7. The number of hydrogen-bond acceptors (Lipinski definition) is 5. The van der Waals surface area contributed by atoms with E-state index in [0.717, 1.165) is 44.0 Å². The molecule has 0 bridgehead atoms. The Hall–Kier alpha value is -3.10. The maximum Gasteiger partial charge on any atom is 0.331 e. The van der Waals surface area contributed by atoms with Gasteiger partial charge < -0.3 is 9.64 Å². The summed E-state index contributed by atoms with van der Waals surface area (Å²) in [6.45, 7) is 6.51. The van der Waals surface area contributed by atoms with Gasteiger partial charge in [0, 0.05) is 50.6 Å². The Labute approximate surface area is 210 Å². The zero-order valence-corrected chi connectivity index (χ0v) is 21.0. The molecule has 0 unspecified atom stereocenters. The number of anilines is 1. The molecule has 2 aromatic carbocycles. The summed E-state index contributed by atoms with van der Waals surface area (Å²) in [5.74, 6) is 0.389. The third-order valence-electron chi connectivity index (χ3n) is 6.31. The van der Waals surface area contributed by atoms with Crippen molar-refractivity contribution >= 4 is 18.1 Å². The summed E-state index contributed by atoms with van der Waals surface area (Å²) in [5.41, 5.74) is 1.85. The Morgan fingerprint density at radius 2 is 1.69 bits per heavy atom. The predicted octanol–water partition coefficient (Wildman–Crippen LogP) is 3.15. The zero-order chi connectivity index (χ0) is 24.1. The zero-order valence-electron chi connectivity index (χ0n) is 20.2. The van der Waals surface area contributed by atoms with Gasteiger partial charge in [-0.15, -0.1) is 12.4 Å². The fraction of sp³-hybridized carbons (Fsp3) is 0.385. The van der Waals surface area contributed by atoms with Crippen LogP contribution in [0, 0.1) is 12.7 Å². The first-order valence-electron chi connectivity index (χ1n) is 11.6. The number of halogens is 2. The summed E-state index contributed by atoms with van der Waals surface area (Å²) in [5, 5.41) is 0. The molecule has 0 aliphatic carbocycles. The van der Waals surface area contributed by atoms with Gasteiger partial charge in [0.15, 0.2) is 0 Å². The van der Waals surface area contributed by atoms with Gasteiger partial charge in [-0.3, -0.25) is 18.8 Å². The van der Waals surface area contributed by atoms with Crippen LogP contribution in [0.4, 0.5) is 10.1 Å². The van der Waals surface area contributed by atoms with Crippen LogP contribution in [0.1, 0.15) is 17.5 Å². The number of benzene rings is 2. The standard InChI is InChI=1S/C26H31FN4O3.ClH/c1-20-18-30(19-21-7-4-3-5-8-21)26(33)31(25(20)32)12-6-11-28-13-15-29(16-14-28)23-17-22(27)9-10-24(23)34-2;/h3-5,7-10,17-18H,6,11-16,19H2,1-2H3;1H. The van der Waals surface area contributed by atoms with E-state index in [1.54, 1.807) is 30.9 Å². The van der Waals surface area contributed by atoms with E-state index in [-0.39, 0.29) is 29.5 Å². The lowest BCUT2D eigenvalue weighted by atomic mass is 10.2. The number of aromatic nitrogens is 2. The van der Waals surface area contributed by atoms with Crippen molar-refractivity contribution < 1.29 is 9.13 Å². The minimum atomic E-state index is -0.278. The lowest BCUT2D eigenvalue weighted by Crippen LogP contribution is -2.47. The number of nitrogens with zero attached hydrogens (tertiary/aromatic N) is 4. The molecule has 4 rings (SSSR count). The topological polar surface area (TPSA) is 59.7 Å². The van der Waals surface area contributed by atoms with Crippen molar-refractivity contribution in [2.24, 2.45) is 0 Å². The molecule has 188 valence electrons. The van der Waals surface area contributed by atoms with E-state index in [1.807, 2.05) is 30.3 Å². The first-order valence-corrected chi connectivity index (χ1v) is 11.6. The lowest BCUT2D eigenvalue weighted by Gasteiger charge is -2.36. The highest BCUT2D eigenvalue weighted by molar-refractivity contribution is 5.85. The highest BCUT2D eigenvalue weighted by Gasteiger charge is 2.20. The molecule has 1 saturated heterocycles. The first kappa shape index (κ1) is 26.5. The summed E-state index contributed by atoms with van der Waals surface area (Å²) >= 11 is 0. The highest BCUT2D eigenvalue weighted by atomic mass is 35.5. The molecule has 0 atom stereocenters. The molecule has 0 amide bonds. The average molecular weight is 503 g/mol. The van der Waals surface area contributed by atoms with Crippen LogP contribution in [0.25, 0.3) is 0 Å². The molecule has 1 aromatic heterocycles. The van der Waals surface area contributed by atoms with Crippen LogP contribution in [-0.4, -0.2) is 53.9 Å². The van der Waals surface area contributed by atoms with Crippen molar-refractivity contribution in [2.45, 2.75) is 26.4 Å². The molecule has 2 heterocycles. The molecule has 3 aromatic rings. The van der Waals surface area contributed by atoms with Crippen LogP contribution >= 0.6 is 12.4 Å². The fourth-order valence-electron chi connectivity index (χ4n) is 4.46. The summed E-state index contributed by atoms with van der Waals surface area (Å²) in [6, 6.07) is 14.3. The van der Waals surface area contributed by atoms with E-state index in [1.165, 1.54) is 16.7 Å². The fourth-order valence-corrected chi connectivity index (χ4v) is 4.46. The van der Waals surface area contributed by atoms with Gasteiger partial charge in [0.05, 0.1) is 19.3 Å². The van der Waals surface area contributed by atoms with Crippen molar-refractivity contribution in [3.8, 4) is 5.75 Å². The van der Waals surface area contributed by atoms with Crippen LogP contribution in [0.3, 0.4) is 0 Å². The van der Waals surface area contributed by atoms with Gasteiger partial charge in [0.2, 0.25) is 0 Å². The molecule has 1 aliphatic heterocycles. The largest absolute Gasteiger partial charge is 0.495 e. The van der Waals surface area contributed by atoms with Gasteiger partial charge >= 0.3 is 5.69 Å². The van der Waals surface area contributed by atoms with E-state index in [9.17, 15) is 14.0 Å². The van der Waals surface area contributed by atoms with E-state index >= 15 is 0 Å². The number of rotatable bonds is 8. The molecule has 1 aliphatic rings. The van der Waals surface area contributed by atoms with Gasteiger partial charge in [0.25, 0.3) is 5.56 Å². The van der Waals surface area contributed by atoms with Gasteiger partial charge in [0.1, 0.15) is 11.6 Å². The molecule has 0 radical (unpaired) electrons. The lowest BCUT2D eigenvalue weighted by molar-refractivity contribution is 0.248.